The standard InChI is InChI=1S/C12H10ClN3O4S/c1-21(19,20)10-5-9(6-14-7-10)15-11-3-2-8(13)4-12(11)16(17)18/h2-7,15H,1H3. The Morgan fingerprint density at radius 2 is 2.00 bits per heavy atom. The molecule has 2 aromatic rings. The van der Waals surface area contributed by atoms with Gasteiger partial charge in [0.2, 0.25) is 0 Å². The van der Waals surface area contributed by atoms with Crippen LogP contribution >= 0.6 is 11.6 Å². The maximum Gasteiger partial charge on any atom is 0.294 e. The minimum absolute atomic E-state index is 0.0177. The summed E-state index contributed by atoms with van der Waals surface area (Å²) in [6.45, 7) is 0. The summed E-state index contributed by atoms with van der Waals surface area (Å²) in [5, 5.41) is 14.0. The van der Waals surface area contributed by atoms with Gasteiger partial charge in [0, 0.05) is 23.5 Å². The molecule has 7 nitrogen and oxygen atoms in total. The summed E-state index contributed by atoms with van der Waals surface area (Å²) < 4.78 is 22.9. The predicted molar refractivity (Wildman–Crippen MR) is 78.7 cm³/mol. The summed E-state index contributed by atoms with van der Waals surface area (Å²) in [6.07, 6.45) is 3.63. The zero-order chi connectivity index (χ0) is 15.6. The highest BCUT2D eigenvalue weighted by atomic mass is 35.5. The van der Waals surface area contributed by atoms with E-state index in [0.29, 0.717) is 5.69 Å². The van der Waals surface area contributed by atoms with Crippen LogP contribution in [0.2, 0.25) is 5.02 Å². The molecule has 1 N–H and O–H groups in total. The molecule has 0 fully saturated rings. The molecule has 9 heteroatoms. The quantitative estimate of drug-likeness (QED) is 0.684. The Hall–Kier alpha value is -2.19. The Morgan fingerprint density at radius 1 is 1.29 bits per heavy atom. The van der Waals surface area contributed by atoms with Crippen molar-refractivity contribution in [3.05, 3.63) is 51.8 Å². The van der Waals surface area contributed by atoms with Crippen LogP contribution in [0.5, 0.6) is 0 Å². The number of nitrogens with zero attached hydrogens (tertiary/aromatic N) is 2. The fraction of sp³-hybridized carbons (Fsp3) is 0.0833. The molecule has 0 saturated heterocycles. The molecule has 1 aromatic heterocycles. The summed E-state index contributed by atoms with van der Waals surface area (Å²) in [4.78, 5) is 14.2. The van der Waals surface area contributed by atoms with Gasteiger partial charge in [0.1, 0.15) is 5.69 Å². The van der Waals surface area contributed by atoms with Gasteiger partial charge >= 0.3 is 0 Å². The first-order valence-corrected chi connectivity index (χ1v) is 7.90. The van der Waals surface area contributed by atoms with Crippen molar-refractivity contribution in [1.29, 1.82) is 0 Å². The smallest absolute Gasteiger partial charge is 0.294 e. The number of nitrogens with one attached hydrogen (secondary N) is 1. The number of aromatic nitrogens is 1. The number of nitro benzene ring substituents is 1. The molecule has 0 aliphatic carbocycles. The first-order valence-electron chi connectivity index (χ1n) is 5.63. The first kappa shape index (κ1) is 15.2. The van der Waals surface area contributed by atoms with Crippen LogP contribution in [0.4, 0.5) is 17.1 Å². The summed E-state index contributed by atoms with van der Waals surface area (Å²) in [5.74, 6) is 0. The minimum Gasteiger partial charge on any atom is -0.349 e. The molecular formula is C12H10ClN3O4S. The monoisotopic (exact) mass is 327 g/mol. The number of rotatable bonds is 4. The summed E-state index contributed by atoms with van der Waals surface area (Å²) in [7, 11) is -3.41. The zero-order valence-corrected chi connectivity index (χ0v) is 12.4. The van der Waals surface area contributed by atoms with Crippen molar-refractivity contribution in [2.45, 2.75) is 4.90 Å². The molecular weight excluding hydrogens is 318 g/mol. The SMILES string of the molecule is CS(=O)(=O)c1cncc(Nc2ccc(Cl)cc2[N+](=O)[O-])c1. The van der Waals surface area contributed by atoms with Crippen LogP contribution in [0.15, 0.2) is 41.6 Å². The minimum atomic E-state index is -3.41. The lowest BCUT2D eigenvalue weighted by Gasteiger charge is -2.08. The topological polar surface area (TPSA) is 102 Å². The third kappa shape index (κ3) is 3.67. The van der Waals surface area contributed by atoms with Crippen molar-refractivity contribution in [3.63, 3.8) is 0 Å². The van der Waals surface area contributed by atoms with E-state index < -0.39 is 14.8 Å². The van der Waals surface area contributed by atoms with Crippen molar-refractivity contribution < 1.29 is 13.3 Å². The Morgan fingerprint density at radius 3 is 2.62 bits per heavy atom. The van der Waals surface area contributed by atoms with Gasteiger partial charge in [0.15, 0.2) is 9.84 Å². The largest absolute Gasteiger partial charge is 0.349 e. The average Bonchev–Trinajstić information content (AvgIpc) is 2.40. The highest BCUT2D eigenvalue weighted by Crippen LogP contribution is 2.30. The fourth-order valence-electron chi connectivity index (χ4n) is 1.61. The lowest BCUT2D eigenvalue weighted by molar-refractivity contribution is -0.383. The van der Waals surface area contributed by atoms with Crippen molar-refractivity contribution in [3.8, 4) is 0 Å². The van der Waals surface area contributed by atoms with E-state index >= 15 is 0 Å². The summed E-state index contributed by atoms with van der Waals surface area (Å²) >= 11 is 5.73. The predicted octanol–water partition coefficient (Wildman–Crippen LogP) is 2.79. The molecule has 0 bridgehead atoms. The zero-order valence-electron chi connectivity index (χ0n) is 10.8. The molecule has 0 aliphatic rings. The van der Waals surface area contributed by atoms with Gasteiger partial charge in [0.25, 0.3) is 5.69 Å². The normalized spacial score (nSPS) is 11.1. The van der Waals surface area contributed by atoms with Crippen LogP contribution in [0.3, 0.4) is 0 Å². The maximum absolute atomic E-state index is 11.5. The fourth-order valence-corrected chi connectivity index (χ4v) is 2.37. The molecule has 0 amide bonds. The van der Waals surface area contributed by atoms with E-state index in [0.717, 1.165) is 6.26 Å². The third-order valence-electron chi connectivity index (χ3n) is 2.58. The number of sulfone groups is 1. The molecule has 0 radical (unpaired) electrons. The molecule has 110 valence electrons. The number of benzene rings is 1. The van der Waals surface area contributed by atoms with Crippen LogP contribution in [0, 0.1) is 10.1 Å². The lowest BCUT2D eigenvalue weighted by atomic mass is 10.2. The number of hydrogen-bond acceptors (Lipinski definition) is 6. The lowest BCUT2D eigenvalue weighted by Crippen LogP contribution is -2.01. The Kier molecular flexibility index (Phi) is 4.10. The van der Waals surface area contributed by atoms with E-state index in [1.54, 1.807) is 0 Å². The molecule has 0 aliphatic heterocycles. The highest BCUT2D eigenvalue weighted by Gasteiger charge is 2.15. The number of nitro groups is 1. The van der Waals surface area contributed by atoms with E-state index in [1.165, 1.54) is 36.7 Å². The van der Waals surface area contributed by atoms with Gasteiger partial charge in [0.05, 0.1) is 21.7 Å². The number of pyridine rings is 1. The van der Waals surface area contributed by atoms with Crippen molar-refractivity contribution >= 4 is 38.5 Å². The van der Waals surface area contributed by atoms with Crippen LogP contribution in [-0.4, -0.2) is 24.6 Å². The summed E-state index contributed by atoms with van der Waals surface area (Å²) in [6, 6.07) is 5.48. The Labute approximate surface area is 125 Å². The van der Waals surface area contributed by atoms with E-state index in [4.69, 9.17) is 11.6 Å². The molecule has 0 unspecified atom stereocenters. The van der Waals surface area contributed by atoms with Crippen LogP contribution in [0.1, 0.15) is 0 Å². The van der Waals surface area contributed by atoms with Crippen LogP contribution in [-0.2, 0) is 9.84 Å². The number of anilines is 2. The number of hydrogen-bond donors (Lipinski definition) is 1. The molecule has 0 spiro atoms. The van der Waals surface area contributed by atoms with Gasteiger partial charge in [-0.2, -0.15) is 0 Å². The second-order valence-corrected chi connectivity index (χ2v) is 6.68. The molecule has 21 heavy (non-hydrogen) atoms. The highest BCUT2D eigenvalue weighted by molar-refractivity contribution is 7.90. The second-order valence-electron chi connectivity index (χ2n) is 4.23. The average molecular weight is 328 g/mol. The molecule has 1 aromatic carbocycles. The van der Waals surface area contributed by atoms with Crippen LogP contribution in [0.25, 0.3) is 0 Å². The van der Waals surface area contributed by atoms with E-state index in [-0.39, 0.29) is 21.3 Å². The van der Waals surface area contributed by atoms with E-state index in [9.17, 15) is 18.5 Å². The Balaban J connectivity index is 2.41. The van der Waals surface area contributed by atoms with Gasteiger partial charge in [-0.3, -0.25) is 15.1 Å². The Bertz CT molecular complexity index is 808. The van der Waals surface area contributed by atoms with Gasteiger partial charge in [-0.15, -0.1) is 0 Å². The van der Waals surface area contributed by atoms with Crippen molar-refractivity contribution in [2.24, 2.45) is 0 Å². The maximum atomic E-state index is 11.5. The van der Waals surface area contributed by atoms with Crippen molar-refractivity contribution in [2.75, 3.05) is 11.6 Å². The van der Waals surface area contributed by atoms with Gasteiger partial charge < -0.3 is 5.32 Å². The van der Waals surface area contributed by atoms with Crippen molar-refractivity contribution in [1.82, 2.24) is 4.98 Å². The molecule has 0 saturated carbocycles. The van der Waals surface area contributed by atoms with Gasteiger partial charge in [-0.05, 0) is 18.2 Å². The van der Waals surface area contributed by atoms with Crippen LogP contribution < -0.4 is 5.32 Å². The first-order chi connectivity index (χ1) is 9.77. The third-order valence-corrected chi connectivity index (χ3v) is 3.89. The van der Waals surface area contributed by atoms with Gasteiger partial charge in [-0.25, -0.2) is 8.42 Å². The molecule has 1 heterocycles. The van der Waals surface area contributed by atoms with Gasteiger partial charge in [-0.1, -0.05) is 11.6 Å². The number of halogens is 1. The molecule has 2 rings (SSSR count). The summed E-state index contributed by atoms with van der Waals surface area (Å²) in [5.41, 5.74) is 0.299. The van der Waals surface area contributed by atoms with E-state index in [1.807, 2.05) is 0 Å². The molecule has 0 atom stereocenters. The van der Waals surface area contributed by atoms with E-state index in [2.05, 4.69) is 10.3 Å². The second kappa shape index (κ2) is 5.66.